The zero-order valence-corrected chi connectivity index (χ0v) is 15.3. The number of hydrogen-bond donors (Lipinski definition) is 1. The molecular weight excluding hydrogens is 378 g/mol. The molecule has 148 valence electrons. The highest BCUT2D eigenvalue weighted by Gasteiger charge is 2.08. The van der Waals surface area contributed by atoms with Gasteiger partial charge in [0.05, 0.1) is 6.21 Å². The Bertz CT molecular complexity index is 961. The normalized spacial score (nSPS) is 10.9. The fraction of sp³-hybridized carbons (Fsp3) is 0.0909. The van der Waals surface area contributed by atoms with Crippen molar-refractivity contribution >= 4 is 17.8 Å². The average Bonchev–Trinajstić information content (AvgIpc) is 2.73. The molecule has 7 heteroatoms. The molecule has 0 spiro atoms. The first-order chi connectivity index (χ1) is 14.1. The summed E-state index contributed by atoms with van der Waals surface area (Å²) in [7, 11) is 0. The minimum absolute atomic E-state index is 0.0505. The fourth-order valence-electron chi connectivity index (χ4n) is 2.58. The second kappa shape index (κ2) is 9.98. The maximum atomic E-state index is 12.2. The van der Waals surface area contributed by atoms with Crippen molar-refractivity contribution in [2.45, 2.75) is 6.61 Å². The number of nitrogens with zero attached hydrogens (tertiary/aromatic N) is 1. The van der Waals surface area contributed by atoms with Crippen LogP contribution in [-0.2, 0) is 9.63 Å². The first-order valence-corrected chi connectivity index (χ1v) is 8.76. The van der Waals surface area contributed by atoms with Crippen molar-refractivity contribution in [2.75, 3.05) is 11.9 Å². The highest BCUT2D eigenvalue weighted by molar-refractivity contribution is 5.96. The van der Waals surface area contributed by atoms with Gasteiger partial charge in [-0.25, -0.2) is 0 Å². The molecule has 1 N–H and O–H groups in total. The van der Waals surface area contributed by atoms with Gasteiger partial charge < -0.3 is 14.9 Å². The Morgan fingerprint density at radius 1 is 0.966 bits per heavy atom. The van der Waals surface area contributed by atoms with Gasteiger partial charge in [-0.1, -0.05) is 53.7 Å². The van der Waals surface area contributed by atoms with Crippen LogP contribution >= 0.6 is 0 Å². The predicted octanol–water partition coefficient (Wildman–Crippen LogP) is 4.94. The van der Waals surface area contributed by atoms with Crippen LogP contribution in [0.3, 0.4) is 0 Å². The molecule has 1 amide bonds. The van der Waals surface area contributed by atoms with E-state index in [9.17, 15) is 13.6 Å². The van der Waals surface area contributed by atoms with E-state index in [1.165, 1.54) is 18.3 Å². The third kappa shape index (κ3) is 6.14. The molecule has 0 saturated heterocycles. The van der Waals surface area contributed by atoms with Crippen LogP contribution in [0.2, 0.25) is 0 Å². The number of amides is 1. The van der Waals surface area contributed by atoms with Gasteiger partial charge in [0.25, 0.3) is 5.91 Å². The second-order valence-corrected chi connectivity index (χ2v) is 5.92. The molecule has 0 heterocycles. The van der Waals surface area contributed by atoms with Crippen LogP contribution < -0.4 is 10.1 Å². The van der Waals surface area contributed by atoms with E-state index in [2.05, 4.69) is 15.2 Å². The van der Waals surface area contributed by atoms with Crippen molar-refractivity contribution in [1.82, 2.24) is 0 Å². The SMILES string of the molecule is O=C(CO/N=C/c1ccc(OC(F)F)cc1)Nc1ccccc1-c1ccccc1. The Morgan fingerprint density at radius 2 is 1.66 bits per heavy atom. The summed E-state index contributed by atoms with van der Waals surface area (Å²) < 4.78 is 28.5. The van der Waals surface area contributed by atoms with E-state index >= 15 is 0 Å². The Kier molecular flexibility index (Phi) is 6.89. The highest BCUT2D eigenvalue weighted by Crippen LogP contribution is 2.27. The molecule has 0 fully saturated rings. The molecular formula is C22H18F2N2O3. The number of nitrogens with one attached hydrogen (secondary N) is 1. The molecule has 3 aromatic rings. The van der Waals surface area contributed by atoms with Gasteiger partial charge >= 0.3 is 6.61 Å². The Balaban J connectivity index is 1.53. The number of anilines is 1. The molecule has 0 bridgehead atoms. The van der Waals surface area contributed by atoms with Gasteiger partial charge in [-0.15, -0.1) is 0 Å². The number of carbonyl (C=O) groups is 1. The summed E-state index contributed by atoms with van der Waals surface area (Å²) in [6.45, 7) is -3.14. The first kappa shape index (κ1) is 20.0. The molecule has 0 atom stereocenters. The highest BCUT2D eigenvalue weighted by atomic mass is 19.3. The number of carbonyl (C=O) groups excluding carboxylic acids is 1. The average molecular weight is 396 g/mol. The van der Waals surface area contributed by atoms with Crippen LogP contribution in [0.25, 0.3) is 11.1 Å². The van der Waals surface area contributed by atoms with Crippen LogP contribution in [0.1, 0.15) is 5.56 Å². The van der Waals surface area contributed by atoms with Gasteiger partial charge in [0.2, 0.25) is 0 Å². The molecule has 0 aliphatic rings. The van der Waals surface area contributed by atoms with E-state index < -0.39 is 6.61 Å². The Morgan fingerprint density at radius 3 is 2.38 bits per heavy atom. The van der Waals surface area contributed by atoms with Crippen molar-refractivity contribution < 1.29 is 23.1 Å². The summed E-state index contributed by atoms with van der Waals surface area (Å²) in [6, 6.07) is 23.0. The van der Waals surface area contributed by atoms with Crippen LogP contribution in [-0.4, -0.2) is 25.3 Å². The van der Waals surface area contributed by atoms with Crippen molar-refractivity contribution in [2.24, 2.45) is 5.16 Å². The van der Waals surface area contributed by atoms with Crippen LogP contribution in [0.4, 0.5) is 14.5 Å². The number of alkyl halides is 2. The van der Waals surface area contributed by atoms with E-state index in [1.54, 1.807) is 12.1 Å². The summed E-state index contributed by atoms with van der Waals surface area (Å²) in [5.41, 5.74) is 3.17. The lowest BCUT2D eigenvalue weighted by Gasteiger charge is -2.10. The number of hydrogen-bond acceptors (Lipinski definition) is 4. The van der Waals surface area contributed by atoms with E-state index in [-0.39, 0.29) is 18.3 Å². The molecule has 5 nitrogen and oxygen atoms in total. The molecule has 0 aliphatic carbocycles. The number of para-hydroxylation sites is 1. The van der Waals surface area contributed by atoms with Crippen LogP contribution in [0.5, 0.6) is 5.75 Å². The van der Waals surface area contributed by atoms with Crippen molar-refractivity contribution in [3.63, 3.8) is 0 Å². The lowest BCUT2D eigenvalue weighted by molar-refractivity contribution is -0.120. The minimum Gasteiger partial charge on any atom is -0.435 e. The van der Waals surface area contributed by atoms with Gasteiger partial charge in [0.1, 0.15) is 5.75 Å². The Labute approximate surface area is 166 Å². The summed E-state index contributed by atoms with van der Waals surface area (Å²) in [4.78, 5) is 17.2. The minimum atomic E-state index is -2.87. The van der Waals surface area contributed by atoms with E-state index in [0.717, 1.165) is 11.1 Å². The second-order valence-electron chi connectivity index (χ2n) is 5.92. The molecule has 3 rings (SSSR count). The standard InChI is InChI=1S/C22H18F2N2O3/c23-22(24)29-18-12-10-16(11-13-18)14-25-28-15-21(27)26-20-9-5-4-8-19(20)17-6-2-1-3-7-17/h1-14,22H,15H2,(H,26,27)/b25-14+. The molecule has 0 aliphatic heterocycles. The maximum absolute atomic E-state index is 12.2. The monoisotopic (exact) mass is 396 g/mol. The topological polar surface area (TPSA) is 59.9 Å². The van der Waals surface area contributed by atoms with Crippen molar-refractivity contribution in [1.29, 1.82) is 0 Å². The van der Waals surface area contributed by atoms with Crippen molar-refractivity contribution in [3.8, 4) is 16.9 Å². The lowest BCUT2D eigenvalue weighted by atomic mass is 10.0. The van der Waals surface area contributed by atoms with E-state index in [4.69, 9.17) is 4.84 Å². The Hall–Kier alpha value is -3.74. The predicted molar refractivity (Wildman–Crippen MR) is 107 cm³/mol. The van der Waals surface area contributed by atoms with E-state index in [0.29, 0.717) is 11.3 Å². The summed E-state index contributed by atoms with van der Waals surface area (Å²) in [6.07, 6.45) is 1.37. The quantitative estimate of drug-likeness (QED) is 0.433. The number of ether oxygens (including phenoxy) is 1. The largest absolute Gasteiger partial charge is 0.435 e. The van der Waals surface area contributed by atoms with Gasteiger partial charge in [-0.2, -0.15) is 8.78 Å². The molecule has 0 aromatic heterocycles. The third-order valence-corrected chi connectivity index (χ3v) is 3.86. The van der Waals surface area contributed by atoms with Crippen LogP contribution in [0, 0.1) is 0 Å². The zero-order chi connectivity index (χ0) is 20.5. The summed E-state index contributed by atoms with van der Waals surface area (Å²) >= 11 is 0. The van der Waals surface area contributed by atoms with Crippen LogP contribution in [0.15, 0.2) is 84.0 Å². The molecule has 0 saturated carbocycles. The van der Waals surface area contributed by atoms with Gasteiger partial charge in [0.15, 0.2) is 6.61 Å². The summed E-state index contributed by atoms with van der Waals surface area (Å²) in [5.74, 6) is -0.305. The molecule has 3 aromatic carbocycles. The molecule has 29 heavy (non-hydrogen) atoms. The number of benzene rings is 3. The first-order valence-electron chi connectivity index (χ1n) is 8.76. The summed E-state index contributed by atoms with van der Waals surface area (Å²) in [5, 5.41) is 6.53. The number of halogens is 2. The van der Waals surface area contributed by atoms with Crippen molar-refractivity contribution in [3.05, 3.63) is 84.4 Å². The number of oxime groups is 1. The zero-order valence-electron chi connectivity index (χ0n) is 15.3. The fourth-order valence-corrected chi connectivity index (χ4v) is 2.58. The van der Waals surface area contributed by atoms with Gasteiger partial charge in [0, 0.05) is 11.3 Å². The smallest absolute Gasteiger partial charge is 0.387 e. The molecule has 0 radical (unpaired) electrons. The van der Waals surface area contributed by atoms with Gasteiger partial charge in [-0.3, -0.25) is 4.79 Å². The van der Waals surface area contributed by atoms with E-state index in [1.807, 2.05) is 54.6 Å². The molecule has 0 unspecified atom stereocenters. The lowest BCUT2D eigenvalue weighted by Crippen LogP contribution is -2.17. The van der Waals surface area contributed by atoms with Gasteiger partial charge in [-0.05, 0) is 41.5 Å². The maximum Gasteiger partial charge on any atom is 0.387 e. The third-order valence-electron chi connectivity index (χ3n) is 3.86. The number of rotatable bonds is 8.